The molecule has 0 N–H and O–H groups in total. The second-order valence-electron chi connectivity index (χ2n) is 11.3. The molecular formula is C28H34N4O6S. The summed E-state index contributed by atoms with van der Waals surface area (Å²) in [6.07, 6.45) is 11.6. The molecule has 3 aliphatic heterocycles. The van der Waals surface area contributed by atoms with Gasteiger partial charge >= 0.3 is 0 Å². The van der Waals surface area contributed by atoms with Gasteiger partial charge in [0.1, 0.15) is 6.04 Å². The van der Waals surface area contributed by atoms with Crippen LogP contribution < -0.4 is 0 Å². The van der Waals surface area contributed by atoms with Gasteiger partial charge in [0, 0.05) is 56.2 Å². The molecule has 3 fully saturated rings. The van der Waals surface area contributed by atoms with Crippen LogP contribution in [0.4, 0.5) is 0 Å². The number of nitrogens with zero attached hydrogens (tertiary/aromatic N) is 4. The third kappa shape index (κ3) is 5.21. The Labute approximate surface area is 228 Å². The van der Waals surface area contributed by atoms with Gasteiger partial charge in [-0.25, -0.2) is 8.42 Å². The monoisotopic (exact) mass is 554 g/mol. The molecule has 1 aromatic heterocycles. The first-order chi connectivity index (χ1) is 18.6. The highest BCUT2D eigenvalue weighted by atomic mass is 32.2. The van der Waals surface area contributed by atoms with E-state index in [0.29, 0.717) is 19.5 Å². The molecule has 4 aliphatic rings. The summed E-state index contributed by atoms with van der Waals surface area (Å²) in [5.41, 5.74) is -0.0809. The fourth-order valence-corrected chi connectivity index (χ4v) is 7.88. The van der Waals surface area contributed by atoms with Crippen molar-refractivity contribution in [2.24, 2.45) is 23.7 Å². The third-order valence-electron chi connectivity index (χ3n) is 8.22. The SMILES string of the molecule is CC(C)CC(CC(=O)N1CC2C=CC=CC2C1)C(=O)N1CCC2C1C(=O)CN2S(=O)(=O)C(=O)c1cccnc1. The second kappa shape index (κ2) is 10.8. The lowest BCUT2D eigenvalue weighted by Crippen LogP contribution is -2.47. The van der Waals surface area contributed by atoms with Crippen molar-refractivity contribution in [1.29, 1.82) is 0 Å². The van der Waals surface area contributed by atoms with Crippen LogP contribution in [0.3, 0.4) is 0 Å². The summed E-state index contributed by atoms with van der Waals surface area (Å²) in [7, 11) is -4.48. The molecule has 0 saturated carbocycles. The van der Waals surface area contributed by atoms with E-state index in [1.165, 1.54) is 29.4 Å². The van der Waals surface area contributed by atoms with Gasteiger partial charge in [-0.15, -0.1) is 0 Å². The van der Waals surface area contributed by atoms with E-state index in [-0.39, 0.29) is 54.5 Å². The number of sulfonamides is 1. The number of carbonyl (C=O) groups excluding carboxylic acids is 4. The Hall–Kier alpha value is -3.18. The quantitative estimate of drug-likeness (QED) is 0.502. The number of likely N-dealkylation sites (tertiary alicyclic amines) is 2. The van der Waals surface area contributed by atoms with Crippen LogP contribution in [0.15, 0.2) is 48.8 Å². The van der Waals surface area contributed by atoms with Gasteiger partial charge in [0.25, 0.3) is 15.1 Å². The van der Waals surface area contributed by atoms with E-state index in [1.807, 2.05) is 30.9 Å². The predicted molar refractivity (Wildman–Crippen MR) is 143 cm³/mol. The summed E-state index contributed by atoms with van der Waals surface area (Å²) < 4.78 is 27.4. The van der Waals surface area contributed by atoms with E-state index in [1.54, 1.807) is 0 Å². The van der Waals surface area contributed by atoms with E-state index in [4.69, 9.17) is 0 Å². The molecule has 2 amide bonds. The Morgan fingerprint density at radius 1 is 1.10 bits per heavy atom. The minimum Gasteiger partial charge on any atom is -0.341 e. The van der Waals surface area contributed by atoms with Crippen molar-refractivity contribution in [3.8, 4) is 0 Å². The Morgan fingerprint density at radius 2 is 1.79 bits per heavy atom. The molecule has 5 rings (SSSR count). The number of pyridine rings is 1. The van der Waals surface area contributed by atoms with Gasteiger partial charge in [-0.05, 0) is 30.9 Å². The van der Waals surface area contributed by atoms with Crippen molar-refractivity contribution < 1.29 is 27.6 Å². The van der Waals surface area contributed by atoms with Gasteiger partial charge in [-0.2, -0.15) is 4.31 Å². The van der Waals surface area contributed by atoms with Crippen LogP contribution in [-0.4, -0.2) is 88.5 Å². The first-order valence-corrected chi connectivity index (χ1v) is 14.9. The Kier molecular flexibility index (Phi) is 7.56. The van der Waals surface area contributed by atoms with Crippen molar-refractivity contribution in [3.63, 3.8) is 0 Å². The fraction of sp³-hybridized carbons (Fsp3) is 0.536. The number of fused-ring (bicyclic) bond motifs is 2. The molecule has 3 saturated heterocycles. The summed E-state index contributed by atoms with van der Waals surface area (Å²) in [5.74, 6) is -0.680. The maximum absolute atomic E-state index is 13.8. The number of ketones is 1. The van der Waals surface area contributed by atoms with Crippen molar-refractivity contribution in [1.82, 2.24) is 19.1 Å². The fourth-order valence-electron chi connectivity index (χ4n) is 6.37. The number of carbonyl (C=O) groups is 4. The maximum Gasteiger partial charge on any atom is 0.293 e. The summed E-state index contributed by atoms with van der Waals surface area (Å²) in [5, 5.41) is -1.12. The van der Waals surface area contributed by atoms with Crippen LogP contribution in [0.5, 0.6) is 0 Å². The zero-order valence-corrected chi connectivity index (χ0v) is 23.0. The lowest BCUT2D eigenvalue weighted by Gasteiger charge is -2.29. The lowest BCUT2D eigenvalue weighted by atomic mass is 9.91. The number of allylic oxidation sites excluding steroid dienone is 2. The van der Waals surface area contributed by atoms with Crippen molar-refractivity contribution >= 4 is 32.7 Å². The number of amides is 2. The molecule has 1 aliphatic carbocycles. The highest BCUT2D eigenvalue weighted by molar-refractivity contribution is 8.04. The highest BCUT2D eigenvalue weighted by Gasteiger charge is 2.55. The molecule has 0 bridgehead atoms. The number of rotatable bonds is 7. The van der Waals surface area contributed by atoms with Crippen LogP contribution in [-0.2, 0) is 24.4 Å². The van der Waals surface area contributed by atoms with Crippen molar-refractivity contribution in [3.05, 3.63) is 54.4 Å². The van der Waals surface area contributed by atoms with E-state index in [2.05, 4.69) is 17.1 Å². The standard InChI is InChI=1S/C28H34N4O6S/c1-18(2)12-22(13-25(34)30-15-20-6-3-4-7-21(20)16-30)27(35)31-11-9-23-26(31)24(33)17-32(23)39(37,38)28(36)19-8-5-10-29-14-19/h3-8,10,14,18,20-23,26H,9,11-13,15-17H2,1-2H3. The average Bonchev–Trinajstić information content (AvgIpc) is 3.63. The molecule has 5 unspecified atom stereocenters. The van der Waals surface area contributed by atoms with Crippen LogP contribution in [0.2, 0.25) is 0 Å². The summed E-state index contributed by atoms with van der Waals surface area (Å²) in [4.78, 5) is 60.1. The van der Waals surface area contributed by atoms with Gasteiger partial charge in [0.2, 0.25) is 11.8 Å². The number of hydrogen-bond donors (Lipinski definition) is 0. The van der Waals surface area contributed by atoms with E-state index >= 15 is 0 Å². The molecule has 0 spiro atoms. The molecule has 0 radical (unpaired) electrons. The minimum atomic E-state index is -4.48. The van der Waals surface area contributed by atoms with Crippen LogP contribution in [0.1, 0.15) is 43.5 Å². The normalized spacial score (nSPS) is 27.2. The molecule has 11 heteroatoms. The molecule has 5 atom stereocenters. The molecule has 208 valence electrons. The lowest BCUT2D eigenvalue weighted by molar-refractivity contribution is -0.144. The van der Waals surface area contributed by atoms with E-state index in [0.717, 1.165) is 4.31 Å². The first-order valence-electron chi connectivity index (χ1n) is 13.5. The second-order valence-corrected chi connectivity index (χ2v) is 13.1. The minimum absolute atomic E-state index is 0.0491. The van der Waals surface area contributed by atoms with Crippen LogP contribution in [0.25, 0.3) is 0 Å². The first kappa shape index (κ1) is 27.4. The predicted octanol–water partition coefficient (Wildman–Crippen LogP) is 1.66. The van der Waals surface area contributed by atoms with Gasteiger partial charge < -0.3 is 9.80 Å². The Balaban J connectivity index is 1.30. The smallest absolute Gasteiger partial charge is 0.293 e. The van der Waals surface area contributed by atoms with E-state index < -0.39 is 45.5 Å². The molecule has 39 heavy (non-hydrogen) atoms. The molecular weight excluding hydrogens is 520 g/mol. The molecule has 10 nitrogen and oxygen atoms in total. The van der Waals surface area contributed by atoms with E-state index in [9.17, 15) is 27.6 Å². The zero-order chi connectivity index (χ0) is 27.9. The van der Waals surface area contributed by atoms with Crippen LogP contribution in [0, 0.1) is 23.7 Å². The summed E-state index contributed by atoms with van der Waals surface area (Å²) in [6.45, 7) is 4.94. The number of hydrogen-bond acceptors (Lipinski definition) is 7. The maximum atomic E-state index is 13.8. The topological polar surface area (TPSA) is 125 Å². The van der Waals surface area contributed by atoms with Gasteiger partial charge in [-0.1, -0.05) is 38.2 Å². The van der Waals surface area contributed by atoms with Crippen molar-refractivity contribution in [2.75, 3.05) is 26.2 Å². The Morgan fingerprint density at radius 3 is 2.41 bits per heavy atom. The molecule has 0 aromatic carbocycles. The van der Waals surface area contributed by atoms with Crippen molar-refractivity contribution in [2.45, 2.75) is 45.2 Å². The van der Waals surface area contributed by atoms with Gasteiger partial charge in [0.15, 0.2) is 5.78 Å². The largest absolute Gasteiger partial charge is 0.341 e. The molecule has 4 heterocycles. The van der Waals surface area contributed by atoms with Gasteiger partial charge in [-0.3, -0.25) is 24.2 Å². The number of Topliss-reactive ketones (excluding diaryl/α,β-unsaturated/α-hetero) is 1. The third-order valence-corrected chi connectivity index (χ3v) is 9.94. The summed E-state index contributed by atoms with van der Waals surface area (Å²) >= 11 is 0. The zero-order valence-electron chi connectivity index (χ0n) is 22.2. The van der Waals surface area contributed by atoms with Gasteiger partial charge in [0.05, 0.1) is 18.2 Å². The average molecular weight is 555 g/mol. The number of aromatic nitrogens is 1. The Bertz CT molecular complexity index is 1300. The van der Waals surface area contributed by atoms with Crippen LogP contribution >= 0.6 is 0 Å². The molecule has 1 aromatic rings. The highest BCUT2D eigenvalue weighted by Crippen LogP contribution is 2.35. The summed E-state index contributed by atoms with van der Waals surface area (Å²) in [6, 6.07) is 1.07.